The van der Waals surface area contributed by atoms with Crippen molar-refractivity contribution in [3.8, 4) is 5.75 Å². The molecule has 5 nitrogen and oxygen atoms in total. The second-order valence-corrected chi connectivity index (χ2v) is 7.59. The maximum atomic E-state index is 12.4. The molecule has 0 saturated carbocycles. The zero-order valence-corrected chi connectivity index (χ0v) is 16.5. The largest absolute Gasteiger partial charge is 0.497 e. The SMILES string of the molecule is COc1ccc(C(=O)c2cc3cc(C)[nH]c3s2)cc1.SN1CCOCC1. The molecule has 3 aromatic rings. The van der Waals surface area contributed by atoms with Crippen LogP contribution < -0.4 is 4.74 Å². The Morgan fingerprint density at radius 2 is 1.92 bits per heavy atom. The van der Waals surface area contributed by atoms with Crippen molar-refractivity contribution in [2.75, 3.05) is 33.4 Å². The van der Waals surface area contributed by atoms with E-state index in [1.165, 1.54) is 11.3 Å². The van der Waals surface area contributed by atoms with E-state index in [4.69, 9.17) is 9.47 Å². The van der Waals surface area contributed by atoms with Crippen LogP contribution in [0.4, 0.5) is 0 Å². The minimum absolute atomic E-state index is 0.0508. The van der Waals surface area contributed by atoms with E-state index in [1.807, 2.05) is 17.3 Å². The van der Waals surface area contributed by atoms with Gasteiger partial charge in [-0.15, -0.1) is 11.3 Å². The maximum Gasteiger partial charge on any atom is 0.203 e. The first kappa shape index (κ1) is 19.0. The fraction of sp³-hybridized carbons (Fsp3) is 0.316. The van der Waals surface area contributed by atoms with Gasteiger partial charge in [0, 0.05) is 29.7 Å². The number of carbonyl (C=O) groups is 1. The molecule has 1 aromatic carbocycles. The third kappa shape index (κ3) is 4.67. The molecule has 1 fully saturated rings. The fourth-order valence-electron chi connectivity index (χ4n) is 2.61. The zero-order chi connectivity index (χ0) is 18.5. The summed E-state index contributed by atoms with van der Waals surface area (Å²) in [5.41, 5.74) is 1.80. The number of morpholine rings is 1. The summed E-state index contributed by atoms with van der Waals surface area (Å²) in [5.74, 6) is 0.806. The lowest BCUT2D eigenvalue weighted by Gasteiger charge is -2.19. The van der Waals surface area contributed by atoms with Crippen LogP contribution in [0.1, 0.15) is 20.9 Å². The molecule has 0 aliphatic carbocycles. The Kier molecular flexibility index (Phi) is 6.37. The first-order chi connectivity index (χ1) is 12.6. The predicted molar refractivity (Wildman–Crippen MR) is 109 cm³/mol. The molecule has 2 aromatic heterocycles. The van der Waals surface area contributed by atoms with Crippen molar-refractivity contribution in [3.05, 3.63) is 52.5 Å². The van der Waals surface area contributed by atoms with Crippen LogP contribution in [0.25, 0.3) is 10.2 Å². The Morgan fingerprint density at radius 3 is 2.46 bits per heavy atom. The van der Waals surface area contributed by atoms with Gasteiger partial charge in [-0.05, 0) is 43.3 Å². The van der Waals surface area contributed by atoms with Gasteiger partial charge in [-0.3, -0.25) is 4.79 Å². The number of aromatic amines is 1. The lowest BCUT2D eigenvalue weighted by atomic mass is 10.1. The number of carbonyl (C=O) groups excluding carboxylic acids is 1. The number of ether oxygens (including phenoxy) is 2. The fourth-order valence-corrected chi connectivity index (χ4v) is 3.84. The van der Waals surface area contributed by atoms with E-state index in [1.54, 1.807) is 31.4 Å². The summed E-state index contributed by atoms with van der Waals surface area (Å²) in [7, 11) is 1.61. The molecule has 0 unspecified atom stereocenters. The smallest absolute Gasteiger partial charge is 0.203 e. The van der Waals surface area contributed by atoms with Crippen molar-refractivity contribution in [2.24, 2.45) is 0 Å². The number of methoxy groups -OCH3 is 1. The number of H-pyrrole nitrogens is 1. The summed E-state index contributed by atoms with van der Waals surface area (Å²) in [4.78, 5) is 17.4. The number of nitrogens with zero attached hydrogens (tertiary/aromatic N) is 1. The number of aromatic nitrogens is 1. The van der Waals surface area contributed by atoms with Gasteiger partial charge in [0.25, 0.3) is 0 Å². The number of nitrogens with one attached hydrogen (secondary N) is 1. The van der Waals surface area contributed by atoms with Crippen molar-refractivity contribution in [1.82, 2.24) is 9.29 Å². The average Bonchev–Trinajstić information content (AvgIpc) is 3.20. The molecule has 0 atom stereocenters. The van der Waals surface area contributed by atoms with Crippen LogP contribution >= 0.6 is 24.2 Å². The Labute approximate surface area is 162 Å². The molecule has 7 heteroatoms. The van der Waals surface area contributed by atoms with Gasteiger partial charge >= 0.3 is 0 Å². The van der Waals surface area contributed by atoms with E-state index in [9.17, 15) is 4.79 Å². The van der Waals surface area contributed by atoms with Crippen molar-refractivity contribution in [2.45, 2.75) is 6.92 Å². The molecule has 138 valence electrons. The minimum Gasteiger partial charge on any atom is -0.497 e. The molecule has 0 radical (unpaired) electrons. The molecule has 1 aliphatic heterocycles. The summed E-state index contributed by atoms with van der Waals surface area (Å²) in [6.07, 6.45) is 0. The van der Waals surface area contributed by atoms with E-state index < -0.39 is 0 Å². The lowest BCUT2D eigenvalue weighted by molar-refractivity contribution is 0.0781. The molecule has 3 heterocycles. The topological polar surface area (TPSA) is 54.6 Å². The molecular weight excluding hydrogens is 368 g/mol. The molecule has 0 spiro atoms. The molecule has 0 amide bonds. The van der Waals surface area contributed by atoms with Gasteiger partial charge in [0.1, 0.15) is 10.6 Å². The second kappa shape index (κ2) is 8.73. The summed E-state index contributed by atoms with van der Waals surface area (Å²) < 4.78 is 12.1. The number of benzene rings is 1. The van der Waals surface area contributed by atoms with E-state index >= 15 is 0 Å². The van der Waals surface area contributed by atoms with Gasteiger partial charge in [0.2, 0.25) is 5.78 Å². The molecule has 4 rings (SSSR count). The van der Waals surface area contributed by atoms with Crippen LogP contribution in [-0.4, -0.2) is 48.5 Å². The number of hydrogen-bond donors (Lipinski definition) is 2. The van der Waals surface area contributed by atoms with Crippen LogP contribution in [-0.2, 0) is 4.74 Å². The average molecular weight is 391 g/mol. The standard InChI is InChI=1S/C15H13NO2S.C4H9NOS/c1-9-7-11-8-13(19-15(11)16-9)14(17)10-3-5-12(18-2)6-4-10;7-5-1-3-6-4-2-5/h3-8,16H,1-2H3;7H,1-4H2. The summed E-state index contributed by atoms with van der Waals surface area (Å²) in [6, 6.07) is 11.2. The van der Waals surface area contributed by atoms with Gasteiger partial charge in [-0.2, -0.15) is 0 Å². The molecule has 1 N–H and O–H groups in total. The van der Waals surface area contributed by atoms with Crippen molar-refractivity contribution >= 4 is 40.2 Å². The Hall–Kier alpha value is -1.80. The van der Waals surface area contributed by atoms with Gasteiger partial charge < -0.3 is 14.5 Å². The molecular formula is C19H22N2O3S2. The van der Waals surface area contributed by atoms with Gasteiger partial charge in [0.15, 0.2) is 0 Å². The highest BCUT2D eigenvalue weighted by atomic mass is 32.1. The predicted octanol–water partition coefficient (Wildman–Crippen LogP) is 3.94. The molecule has 0 bridgehead atoms. The minimum atomic E-state index is 0.0508. The molecule has 1 saturated heterocycles. The number of fused-ring (bicyclic) bond motifs is 1. The Bertz CT molecular complexity index is 833. The zero-order valence-electron chi connectivity index (χ0n) is 14.8. The first-order valence-corrected chi connectivity index (χ1v) is 9.58. The summed E-state index contributed by atoms with van der Waals surface area (Å²) in [6.45, 7) is 5.61. The highest BCUT2D eigenvalue weighted by Crippen LogP contribution is 2.28. The monoisotopic (exact) mass is 390 g/mol. The molecule has 1 aliphatic rings. The second-order valence-electron chi connectivity index (χ2n) is 5.97. The number of ketones is 1. The molecule has 26 heavy (non-hydrogen) atoms. The summed E-state index contributed by atoms with van der Waals surface area (Å²) in [5, 5.41) is 1.10. The van der Waals surface area contributed by atoms with E-state index in [-0.39, 0.29) is 5.78 Å². The highest BCUT2D eigenvalue weighted by Gasteiger charge is 2.13. The quantitative estimate of drug-likeness (QED) is 0.525. The first-order valence-electron chi connectivity index (χ1n) is 8.36. The third-order valence-corrected chi connectivity index (χ3v) is 5.47. The van der Waals surface area contributed by atoms with E-state index in [2.05, 4.69) is 23.9 Å². The van der Waals surface area contributed by atoms with Crippen LogP contribution in [0.2, 0.25) is 0 Å². The van der Waals surface area contributed by atoms with Crippen LogP contribution in [0, 0.1) is 6.92 Å². The van der Waals surface area contributed by atoms with Gasteiger partial charge in [-0.25, -0.2) is 4.31 Å². The number of thiophene rings is 1. The number of thiol groups is 1. The summed E-state index contributed by atoms with van der Waals surface area (Å²) >= 11 is 5.61. The van der Waals surface area contributed by atoms with Gasteiger partial charge in [-0.1, -0.05) is 12.8 Å². The Morgan fingerprint density at radius 1 is 1.23 bits per heavy atom. The maximum absolute atomic E-state index is 12.4. The third-order valence-electron chi connectivity index (χ3n) is 4.01. The highest BCUT2D eigenvalue weighted by molar-refractivity contribution is 7.77. The van der Waals surface area contributed by atoms with E-state index in [0.29, 0.717) is 5.56 Å². The normalized spacial score (nSPS) is 14.7. The van der Waals surface area contributed by atoms with E-state index in [0.717, 1.165) is 52.8 Å². The van der Waals surface area contributed by atoms with Gasteiger partial charge in [0.05, 0.1) is 25.2 Å². The lowest BCUT2D eigenvalue weighted by Crippen LogP contribution is -2.28. The number of aryl methyl sites for hydroxylation is 1. The number of hydrogen-bond acceptors (Lipinski definition) is 6. The van der Waals surface area contributed by atoms with Crippen molar-refractivity contribution in [3.63, 3.8) is 0 Å². The van der Waals surface area contributed by atoms with Crippen LogP contribution in [0.15, 0.2) is 36.4 Å². The van der Waals surface area contributed by atoms with Crippen LogP contribution in [0.3, 0.4) is 0 Å². The van der Waals surface area contributed by atoms with Crippen LogP contribution in [0.5, 0.6) is 5.75 Å². The van der Waals surface area contributed by atoms with Crippen molar-refractivity contribution < 1.29 is 14.3 Å². The number of rotatable bonds is 3. The van der Waals surface area contributed by atoms with Crippen molar-refractivity contribution in [1.29, 1.82) is 0 Å². The Balaban J connectivity index is 0.000000236.